The average Bonchev–Trinajstić information content (AvgIpc) is 3.07. The molecule has 0 radical (unpaired) electrons. The highest BCUT2D eigenvalue weighted by Crippen LogP contribution is 2.34. The molecular weight excluding hydrogens is 568 g/mol. The van der Waals surface area contributed by atoms with Crippen LogP contribution in [0.1, 0.15) is 50.2 Å². The Morgan fingerprint density at radius 3 is 2.00 bits per heavy atom. The lowest BCUT2D eigenvalue weighted by atomic mass is 9.91. The van der Waals surface area contributed by atoms with Gasteiger partial charge in [-0.25, -0.2) is 9.59 Å². The molecule has 7 heteroatoms. The fourth-order valence-corrected chi connectivity index (χ4v) is 4.81. The van der Waals surface area contributed by atoms with Gasteiger partial charge in [-0.05, 0) is 71.2 Å². The van der Waals surface area contributed by atoms with Crippen molar-refractivity contribution in [2.75, 3.05) is 40.1 Å². The van der Waals surface area contributed by atoms with Gasteiger partial charge in [0.25, 0.3) is 0 Å². The monoisotopic (exact) mass is 614 g/mol. The van der Waals surface area contributed by atoms with Crippen molar-refractivity contribution in [2.24, 2.45) is 0 Å². The summed E-state index contributed by atoms with van der Waals surface area (Å²) < 4.78 is 21.1. The number of aryl methyl sites for hydroxylation is 2. The summed E-state index contributed by atoms with van der Waals surface area (Å²) in [5.41, 5.74) is 7.19. The normalized spacial score (nSPS) is 10.7. The summed E-state index contributed by atoms with van der Waals surface area (Å²) in [5, 5.41) is 9.06. The lowest BCUT2D eigenvalue weighted by Gasteiger charge is -2.15. The topological polar surface area (TPSA) is 91.3 Å². The van der Waals surface area contributed by atoms with Crippen LogP contribution in [-0.2, 0) is 36.6 Å². The molecule has 0 fully saturated rings. The van der Waals surface area contributed by atoms with Crippen LogP contribution in [0.4, 0.5) is 0 Å². The number of carbonyl (C=O) groups is 2. The van der Waals surface area contributed by atoms with E-state index in [1.165, 1.54) is 38.4 Å². The zero-order chi connectivity index (χ0) is 32.4. The third kappa shape index (κ3) is 11.7. The van der Waals surface area contributed by atoms with E-state index in [0.717, 1.165) is 40.7 Å². The zero-order valence-electron chi connectivity index (χ0n) is 26.6. The van der Waals surface area contributed by atoms with Crippen LogP contribution in [0.3, 0.4) is 0 Å². The fourth-order valence-electron chi connectivity index (χ4n) is 4.81. The molecular formula is C38H46O7. The second kappa shape index (κ2) is 19.2. The first-order chi connectivity index (χ1) is 21.9. The lowest BCUT2D eigenvalue weighted by Crippen LogP contribution is -2.15. The van der Waals surface area contributed by atoms with Crippen LogP contribution in [0.15, 0.2) is 91.0 Å². The van der Waals surface area contributed by atoms with Crippen molar-refractivity contribution in [1.82, 2.24) is 0 Å². The molecule has 3 rings (SSSR count). The minimum atomic E-state index is -0.565. The van der Waals surface area contributed by atoms with Crippen molar-refractivity contribution in [1.29, 1.82) is 0 Å². The van der Waals surface area contributed by atoms with Crippen molar-refractivity contribution >= 4 is 11.9 Å². The van der Waals surface area contributed by atoms with Gasteiger partial charge in [0.05, 0.1) is 31.0 Å². The maximum atomic E-state index is 11.9. The highest BCUT2D eigenvalue weighted by molar-refractivity contribution is 5.88. The molecule has 0 saturated carbocycles. The minimum absolute atomic E-state index is 0.0551. The van der Waals surface area contributed by atoms with E-state index in [4.69, 9.17) is 24.1 Å². The third-order valence-corrected chi connectivity index (χ3v) is 7.35. The molecule has 3 aromatic carbocycles. The lowest BCUT2D eigenvalue weighted by molar-refractivity contribution is -0.140. The molecule has 0 aliphatic rings. The fraction of sp³-hybridized carbons (Fsp3) is 0.368. The van der Waals surface area contributed by atoms with E-state index in [9.17, 15) is 9.59 Å². The predicted molar refractivity (Wildman–Crippen MR) is 178 cm³/mol. The number of hydrogen-bond donors (Lipinski definition) is 1. The van der Waals surface area contributed by atoms with Crippen molar-refractivity contribution in [3.05, 3.63) is 102 Å². The molecule has 0 unspecified atom stereocenters. The van der Waals surface area contributed by atoms with Gasteiger partial charge < -0.3 is 24.1 Å². The summed E-state index contributed by atoms with van der Waals surface area (Å²) in [7, 11) is 1.50. The molecule has 0 aromatic heterocycles. The number of aliphatic hydroxyl groups excluding tert-OH is 1. The number of benzene rings is 3. The summed E-state index contributed by atoms with van der Waals surface area (Å²) in [4.78, 5) is 23.7. The van der Waals surface area contributed by atoms with Gasteiger partial charge in [-0.1, -0.05) is 93.9 Å². The van der Waals surface area contributed by atoms with Gasteiger partial charge in [-0.15, -0.1) is 0 Å². The van der Waals surface area contributed by atoms with E-state index in [2.05, 4.69) is 62.5 Å². The largest absolute Gasteiger partial charge is 0.490 e. The molecule has 0 spiro atoms. The van der Waals surface area contributed by atoms with Gasteiger partial charge in [0.15, 0.2) is 0 Å². The van der Waals surface area contributed by atoms with E-state index in [1.807, 2.05) is 24.3 Å². The maximum absolute atomic E-state index is 11.9. The van der Waals surface area contributed by atoms with E-state index < -0.39 is 18.5 Å². The third-order valence-electron chi connectivity index (χ3n) is 7.35. The van der Waals surface area contributed by atoms with Crippen LogP contribution in [0, 0.1) is 0 Å². The molecule has 0 atom stereocenters. The Hall–Kier alpha value is -4.20. The number of methoxy groups -OCH3 is 1. The molecule has 0 aliphatic heterocycles. The van der Waals surface area contributed by atoms with Crippen molar-refractivity contribution in [3.8, 4) is 28.0 Å². The van der Waals surface area contributed by atoms with Crippen LogP contribution in [0.5, 0.6) is 5.75 Å². The van der Waals surface area contributed by atoms with E-state index in [0.29, 0.717) is 12.2 Å². The number of carbonyl (C=O) groups excluding carboxylic acids is 2. The summed E-state index contributed by atoms with van der Waals surface area (Å²) in [6, 6.07) is 23.1. The smallest absolute Gasteiger partial charge is 0.335 e. The Morgan fingerprint density at radius 1 is 0.689 bits per heavy atom. The summed E-state index contributed by atoms with van der Waals surface area (Å²) >= 11 is 0. The Bertz CT molecular complexity index is 1390. The quantitative estimate of drug-likeness (QED) is 0.0812. The first-order valence-corrected chi connectivity index (χ1v) is 15.6. The highest BCUT2D eigenvalue weighted by Gasteiger charge is 2.12. The number of esters is 2. The Labute approximate surface area is 267 Å². The van der Waals surface area contributed by atoms with Crippen LogP contribution in [-0.4, -0.2) is 57.2 Å². The minimum Gasteiger partial charge on any atom is -0.490 e. The maximum Gasteiger partial charge on any atom is 0.335 e. The van der Waals surface area contributed by atoms with Crippen LogP contribution >= 0.6 is 0 Å². The number of hydrogen-bond acceptors (Lipinski definition) is 7. The van der Waals surface area contributed by atoms with Gasteiger partial charge >= 0.3 is 11.9 Å². The second-order valence-corrected chi connectivity index (χ2v) is 10.9. The van der Waals surface area contributed by atoms with Crippen LogP contribution in [0.2, 0.25) is 0 Å². The van der Waals surface area contributed by atoms with Gasteiger partial charge in [0.2, 0.25) is 0 Å². The van der Waals surface area contributed by atoms with Crippen molar-refractivity contribution < 1.29 is 33.6 Å². The molecule has 0 aliphatic carbocycles. The zero-order valence-corrected chi connectivity index (χ0v) is 26.6. The van der Waals surface area contributed by atoms with Crippen molar-refractivity contribution in [2.45, 2.75) is 51.9 Å². The molecule has 240 valence electrons. The summed E-state index contributed by atoms with van der Waals surface area (Å²) in [5.74, 6) is -0.385. The standard InChI is InChI=1S/C38H46O7/c1-5-6-7-8-10-30-12-15-33(16-13-30)36-25-31(11-9-22-44-37(40)28(2)26-39)14-21-35(36)32-17-19-34(20-18-32)43-23-24-45-38(41)29(3)27-42-4/h12-21,25,39H,2-3,5-11,22-24,26-27H2,1,4H3. The number of ether oxygens (including phenoxy) is 4. The molecule has 0 saturated heterocycles. The number of aliphatic hydroxyl groups is 1. The molecule has 1 N–H and O–H groups in total. The van der Waals surface area contributed by atoms with Crippen LogP contribution in [0.25, 0.3) is 22.3 Å². The Morgan fingerprint density at radius 2 is 1.31 bits per heavy atom. The first kappa shape index (κ1) is 35.3. The van der Waals surface area contributed by atoms with Crippen molar-refractivity contribution in [3.63, 3.8) is 0 Å². The summed E-state index contributed by atoms with van der Waals surface area (Å²) in [6.07, 6.45) is 7.42. The van der Waals surface area contributed by atoms with Gasteiger partial charge in [0.1, 0.15) is 19.0 Å². The predicted octanol–water partition coefficient (Wildman–Crippen LogP) is 7.29. The SMILES string of the molecule is C=C(CO)C(=O)OCCCc1ccc(-c2ccc(OCCOC(=O)C(=C)COC)cc2)c(-c2ccc(CCCCCC)cc2)c1. The summed E-state index contributed by atoms with van der Waals surface area (Å²) in [6.45, 7) is 9.69. The highest BCUT2D eigenvalue weighted by atomic mass is 16.6. The first-order valence-electron chi connectivity index (χ1n) is 15.6. The molecule has 0 bridgehead atoms. The van der Waals surface area contributed by atoms with E-state index in [1.54, 1.807) is 0 Å². The Kier molecular flexibility index (Phi) is 15.1. The van der Waals surface area contributed by atoms with Crippen LogP contribution < -0.4 is 4.74 Å². The van der Waals surface area contributed by atoms with Gasteiger partial charge in [0, 0.05) is 7.11 Å². The van der Waals surface area contributed by atoms with Gasteiger partial charge in [-0.2, -0.15) is 0 Å². The number of unbranched alkanes of at least 4 members (excludes halogenated alkanes) is 3. The van der Waals surface area contributed by atoms with E-state index >= 15 is 0 Å². The number of rotatable bonds is 20. The average molecular weight is 615 g/mol. The molecule has 0 heterocycles. The Balaban J connectivity index is 1.72. The van der Waals surface area contributed by atoms with Gasteiger partial charge in [-0.3, -0.25) is 0 Å². The molecule has 0 amide bonds. The molecule has 45 heavy (non-hydrogen) atoms. The van der Waals surface area contributed by atoms with E-state index in [-0.39, 0.29) is 37.6 Å². The molecule has 7 nitrogen and oxygen atoms in total. The second-order valence-electron chi connectivity index (χ2n) is 10.9. The molecule has 3 aromatic rings.